The minimum absolute atomic E-state index is 0.431. The zero-order valence-corrected chi connectivity index (χ0v) is 13.2. The summed E-state index contributed by atoms with van der Waals surface area (Å²) in [6, 6.07) is 6.05. The van der Waals surface area contributed by atoms with Gasteiger partial charge < -0.3 is 14.2 Å². The summed E-state index contributed by atoms with van der Waals surface area (Å²) < 4.78 is 7.73. The number of imidazole rings is 1. The molecule has 1 heterocycles. The first-order chi connectivity index (χ1) is 9.65. The second kappa shape index (κ2) is 6.95. The van der Waals surface area contributed by atoms with Gasteiger partial charge >= 0.3 is 0 Å². The molecule has 110 valence electrons. The fourth-order valence-corrected chi connectivity index (χ4v) is 2.52. The number of hydrogen-bond acceptors (Lipinski definition) is 3. The van der Waals surface area contributed by atoms with E-state index in [1.165, 1.54) is 0 Å². The maximum Gasteiger partial charge on any atom is 0.124 e. The lowest BCUT2D eigenvalue weighted by atomic mass is 10.3. The number of alkyl halides is 1. The van der Waals surface area contributed by atoms with Crippen molar-refractivity contribution in [2.75, 3.05) is 27.2 Å². The number of rotatable bonds is 7. The van der Waals surface area contributed by atoms with E-state index in [1.54, 1.807) is 0 Å². The summed E-state index contributed by atoms with van der Waals surface area (Å²) in [5.41, 5.74) is 2.08. The van der Waals surface area contributed by atoms with Crippen LogP contribution in [-0.2, 0) is 12.4 Å². The van der Waals surface area contributed by atoms with Crippen molar-refractivity contribution in [3.8, 4) is 5.75 Å². The smallest absolute Gasteiger partial charge is 0.124 e. The molecule has 0 amide bonds. The Kier molecular flexibility index (Phi) is 5.26. The molecule has 20 heavy (non-hydrogen) atoms. The maximum atomic E-state index is 6.02. The first-order valence-electron chi connectivity index (χ1n) is 6.98. The Hall–Kier alpha value is -1.26. The second-order valence-electron chi connectivity index (χ2n) is 5.05. The van der Waals surface area contributed by atoms with Crippen LogP contribution < -0.4 is 4.74 Å². The number of aromatic nitrogens is 2. The fourth-order valence-electron chi connectivity index (χ4n) is 2.31. The Morgan fingerprint density at radius 1 is 1.35 bits per heavy atom. The molecule has 0 aliphatic heterocycles. The Morgan fingerprint density at radius 3 is 2.80 bits per heavy atom. The molecule has 2 rings (SSSR count). The van der Waals surface area contributed by atoms with Gasteiger partial charge in [-0.1, -0.05) is 0 Å². The largest absolute Gasteiger partial charge is 0.494 e. The molecule has 5 heteroatoms. The Labute approximate surface area is 125 Å². The molecule has 0 N–H and O–H groups in total. The van der Waals surface area contributed by atoms with E-state index in [9.17, 15) is 0 Å². The predicted octanol–water partition coefficient (Wildman–Crippen LogP) is 3.13. The summed E-state index contributed by atoms with van der Waals surface area (Å²) in [5, 5.41) is 0. The third-order valence-corrected chi connectivity index (χ3v) is 3.46. The minimum Gasteiger partial charge on any atom is -0.494 e. The van der Waals surface area contributed by atoms with E-state index in [0.717, 1.165) is 42.1 Å². The zero-order chi connectivity index (χ0) is 14.5. The van der Waals surface area contributed by atoms with Gasteiger partial charge in [0.2, 0.25) is 0 Å². The summed E-state index contributed by atoms with van der Waals surface area (Å²) in [7, 11) is 4.17. The standard InChI is InChI=1S/C15H22ClN3O/c1-4-20-12-6-7-14-13(10-12)17-15(11-16)19(14)9-5-8-18(2)3/h6-7,10H,4-5,8-9,11H2,1-3H3. The van der Waals surface area contributed by atoms with Crippen LogP contribution in [0.3, 0.4) is 0 Å². The molecular formula is C15H22ClN3O. The number of halogens is 1. The molecule has 0 bridgehead atoms. The zero-order valence-electron chi connectivity index (χ0n) is 12.4. The van der Waals surface area contributed by atoms with Crippen LogP contribution in [0.4, 0.5) is 0 Å². The molecule has 0 radical (unpaired) electrons. The number of hydrogen-bond donors (Lipinski definition) is 0. The van der Waals surface area contributed by atoms with Gasteiger partial charge in [-0.05, 0) is 46.1 Å². The van der Waals surface area contributed by atoms with Crippen molar-refractivity contribution in [1.29, 1.82) is 0 Å². The molecule has 0 fully saturated rings. The van der Waals surface area contributed by atoms with Gasteiger partial charge in [0.1, 0.15) is 11.6 Å². The van der Waals surface area contributed by atoms with Crippen molar-refractivity contribution in [2.24, 2.45) is 0 Å². The average Bonchev–Trinajstić information content (AvgIpc) is 2.76. The van der Waals surface area contributed by atoms with Crippen LogP contribution in [-0.4, -0.2) is 41.7 Å². The molecule has 0 unspecified atom stereocenters. The molecule has 0 atom stereocenters. The van der Waals surface area contributed by atoms with Crippen molar-refractivity contribution in [2.45, 2.75) is 25.8 Å². The first kappa shape index (κ1) is 15.1. The SMILES string of the molecule is CCOc1ccc2c(c1)nc(CCl)n2CCCN(C)C. The molecule has 0 aliphatic rings. The lowest BCUT2D eigenvalue weighted by molar-refractivity contribution is 0.340. The Balaban J connectivity index is 2.27. The molecular weight excluding hydrogens is 274 g/mol. The van der Waals surface area contributed by atoms with Crippen LogP contribution in [0.5, 0.6) is 5.75 Å². The van der Waals surface area contributed by atoms with E-state index in [0.29, 0.717) is 12.5 Å². The van der Waals surface area contributed by atoms with Crippen LogP contribution in [0.1, 0.15) is 19.2 Å². The quantitative estimate of drug-likeness (QED) is 0.735. The third kappa shape index (κ3) is 3.44. The number of aryl methyl sites for hydroxylation is 1. The maximum absolute atomic E-state index is 6.02. The van der Waals surface area contributed by atoms with Crippen LogP contribution in [0, 0.1) is 0 Å². The van der Waals surface area contributed by atoms with Crippen molar-refractivity contribution in [1.82, 2.24) is 14.5 Å². The summed E-state index contributed by atoms with van der Waals surface area (Å²) in [6.45, 7) is 4.63. The van der Waals surface area contributed by atoms with Gasteiger partial charge in [0.25, 0.3) is 0 Å². The van der Waals surface area contributed by atoms with E-state index in [2.05, 4.69) is 34.6 Å². The van der Waals surface area contributed by atoms with Gasteiger partial charge in [-0.25, -0.2) is 4.98 Å². The number of fused-ring (bicyclic) bond motifs is 1. The molecule has 4 nitrogen and oxygen atoms in total. The predicted molar refractivity (Wildman–Crippen MR) is 83.6 cm³/mol. The highest BCUT2D eigenvalue weighted by molar-refractivity contribution is 6.16. The Morgan fingerprint density at radius 2 is 2.15 bits per heavy atom. The van der Waals surface area contributed by atoms with Crippen molar-refractivity contribution in [3.63, 3.8) is 0 Å². The first-order valence-corrected chi connectivity index (χ1v) is 7.51. The minimum atomic E-state index is 0.431. The van der Waals surface area contributed by atoms with Gasteiger partial charge in [0, 0.05) is 12.6 Å². The highest BCUT2D eigenvalue weighted by Gasteiger charge is 2.10. The van der Waals surface area contributed by atoms with E-state index >= 15 is 0 Å². The van der Waals surface area contributed by atoms with Gasteiger partial charge in [0.15, 0.2) is 0 Å². The lowest BCUT2D eigenvalue weighted by Crippen LogP contribution is -2.15. The van der Waals surface area contributed by atoms with Gasteiger partial charge in [-0.15, -0.1) is 11.6 Å². The normalized spacial score (nSPS) is 11.4. The summed E-state index contributed by atoms with van der Waals surface area (Å²) in [4.78, 5) is 6.80. The molecule has 1 aromatic carbocycles. The van der Waals surface area contributed by atoms with Crippen molar-refractivity contribution in [3.05, 3.63) is 24.0 Å². The molecule has 1 aromatic heterocycles. The summed E-state index contributed by atoms with van der Waals surface area (Å²) in [5.74, 6) is 2.22. The highest BCUT2D eigenvalue weighted by atomic mass is 35.5. The third-order valence-electron chi connectivity index (χ3n) is 3.22. The van der Waals surface area contributed by atoms with Crippen LogP contribution in [0.25, 0.3) is 11.0 Å². The molecule has 2 aromatic rings. The highest BCUT2D eigenvalue weighted by Crippen LogP contribution is 2.23. The van der Waals surface area contributed by atoms with E-state index in [4.69, 9.17) is 16.3 Å². The van der Waals surface area contributed by atoms with E-state index < -0.39 is 0 Å². The summed E-state index contributed by atoms with van der Waals surface area (Å²) >= 11 is 6.02. The van der Waals surface area contributed by atoms with Crippen molar-refractivity contribution >= 4 is 22.6 Å². The Bertz CT molecular complexity index is 565. The average molecular weight is 296 g/mol. The molecule has 0 saturated heterocycles. The fraction of sp³-hybridized carbons (Fsp3) is 0.533. The lowest BCUT2D eigenvalue weighted by Gasteiger charge is -2.11. The van der Waals surface area contributed by atoms with Crippen LogP contribution in [0.15, 0.2) is 18.2 Å². The summed E-state index contributed by atoms with van der Waals surface area (Å²) in [6.07, 6.45) is 1.08. The molecule has 0 saturated carbocycles. The topological polar surface area (TPSA) is 30.3 Å². The van der Waals surface area contributed by atoms with Gasteiger partial charge in [-0.3, -0.25) is 0 Å². The van der Waals surface area contributed by atoms with Crippen LogP contribution >= 0.6 is 11.6 Å². The van der Waals surface area contributed by atoms with E-state index in [1.807, 2.05) is 19.1 Å². The van der Waals surface area contributed by atoms with Gasteiger partial charge in [0.05, 0.1) is 23.5 Å². The second-order valence-corrected chi connectivity index (χ2v) is 5.32. The van der Waals surface area contributed by atoms with Gasteiger partial charge in [-0.2, -0.15) is 0 Å². The number of nitrogens with zero attached hydrogens (tertiary/aromatic N) is 3. The number of ether oxygens (including phenoxy) is 1. The molecule has 0 aliphatic carbocycles. The van der Waals surface area contributed by atoms with E-state index in [-0.39, 0.29) is 0 Å². The monoisotopic (exact) mass is 295 g/mol. The van der Waals surface area contributed by atoms with Crippen molar-refractivity contribution < 1.29 is 4.74 Å². The number of benzene rings is 1. The van der Waals surface area contributed by atoms with Crippen LogP contribution in [0.2, 0.25) is 0 Å². The molecule has 0 spiro atoms.